The number of halogens is 3. The van der Waals surface area contributed by atoms with Gasteiger partial charge in [-0.25, -0.2) is 14.4 Å². The van der Waals surface area contributed by atoms with Crippen molar-refractivity contribution in [2.24, 2.45) is 15.0 Å². The van der Waals surface area contributed by atoms with E-state index >= 15 is 0 Å². The molecule has 4 aromatic rings. The summed E-state index contributed by atoms with van der Waals surface area (Å²) in [5.74, 6) is -1.01. The summed E-state index contributed by atoms with van der Waals surface area (Å²) < 4.78 is 14.2. The molecule has 4 aliphatic rings. The Morgan fingerprint density at radius 3 is 2.28 bits per heavy atom. The number of aliphatic hydroxyl groups excluding tert-OH is 2. The molecule has 57 heavy (non-hydrogen) atoms. The van der Waals surface area contributed by atoms with E-state index in [-0.39, 0.29) is 42.6 Å². The van der Waals surface area contributed by atoms with Gasteiger partial charge in [0.2, 0.25) is 6.23 Å². The fourth-order valence-corrected chi connectivity index (χ4v) is 7.21. The normalized spacial score (nSPS) is 18.7. The third-order valence-electron chi connectivity index (χ3n) is 9.66. The lowest BCUT2D eigenvalue weighted by atomic mass is 9.99. The molecule has 1 fully saturated rings. The molecule has 0 saturated carbocycles. The van der Waals surface area contributed by atoms with Crippen molar-refractivity contribution in [2.45, 2.75) is 6.23 Å². The average Bonchev–Trinajstić information content (AvgIpc) is 3.35. The second kappa shape index (κ2) is 16.7. The first kappa shape index (κ1) is 39.4. The molecule has 2 amide bonds. The van der Waals surface area contributed by atoms with Gasteiger partial charge in [0.15, 0.2) is 0 Å². The lowest BCUT2D eigenvalue weighted by Crippen LogP contribution is -2.42. The Labute approximate surface area is 336 Å². The highest BCUT2D eigenvalue weighted by Crippen LogP contribution is 2.36. The summed E-state index contributed by atoms with van der Waals surface area (Å²) in [5.41, 5.74) is 3.45. The molecular weight excluding hydrogens is 778 g/mol. The number of non-ortho nitro benzene ring substituents is 1. The van der Waals surface area contributed by atoms with Gasteiger partial charge in [0.25, 0.3) is 17.5 Å². The van der Waals surface area contributed by atoms with Gasteiger partial charge in [-0.05, 0) is 49.5 Å². The van der Waals surface area contributed by atoms with E-state index in [1.165, 1.54) is 40.1 Å². The molecule has 0 aliphatic carbocycles. The number of benzene rings is 4. The fourth-order valence-electron chi connectivity index (χ4n) is 6.81. The van der Waals surface area contributed by atoms with Crippen LogP contribution in [0.3, 0.4) is 0 Å². The number of β-amino-alcohol motifs (C(OH)–C–C–N with tert-alkyl or cyclic N) is 1. The van der Waals surface area contributed by atoms with E-state index in [0.717, 1.165) is 26.2 Å². The van der Waals surface area contributed by atoms with Crippen molar-refractivity contribution in [1.29, 1.82) is 0 Å². The van der Waals surface area contributed by atoms with Crippen LogP contribution in [0.5, 0.6) is 0 Å². The average molecular weight is 814 g/mol. The summed E-state index contributed by atoms with van der Waals surface area (Å²) in [7, 11) is 2.07. The molecule has 0 bridgehead atoms. The second-order valence-corrected chi connectivity index (χ2v) is 14.2. The molecule has 14 nitrogen and oxygen atoms in total. The van der Waals surface area contributed by atoms with Gasteiger partial charge >= 0.3 is 0 Å². The highest BCUT2D eigenvalue weighted by atomic mass is 35.5. The van der Waals surface area contributed by atoms with Crippen LogP contribution < -0.4 is 9.80 Å². The largest absolute Gasteiger partial charge is 0.395 e. The number of nitro benzene ring substituents is 1. The SMILES string of the molecule is CN1CCN(/C=C2\N=C3CN=C(c4ccccc4Cl)c4cc([N+](=O)[O-])ccc4N3C2=O)CC1.O=C1C(O)N=C(c2ccccc2F)c2cc(Cl)ccc2N1CCO. The van der Waals surface area contributed by atoms with Crippen molar-refractivity contribution in [2.75, 3.05) is 62.7 Å². The lowest BCUT2D eigenvalue weighted by molar-refractivity contribution is -0.384. The Bertz CT molecular complexity index is 2400. The molecule has 17 heteroatoms. The molecule has 0 spiro atoms. The van der Waals surface area contributed by atoms with Crippen molar-refractivity contribution in [3.05, 3.63) is 145 Å². The minimum atomic E-state index is -1.70. The predicted octanol–water partition coefficient (Wildman–Crippen LogP) is 4.91. The summed E-state index contributed by atoms with van der Waals surface area (Å²) in [4.78, 5) is 57.2. The van der Waals surface area contributed by atoms with Gasteiger partial charge in [0, 0.05) is 83.4 Å². The molecule has 4 aromatic carbocycles. The number of aliphatic hydroxyl groups is 2. The molecule has 1 unspecified atom stereocenters. The number of rotatable bonds is 6. The van der Waals surface area contributed by atoms with E-state index in [2.05, 4.69) is 26.8 Å². The van der Waals surface area contributed by atoms with Gasteiger partial charge < -0.3 is 24.9 Å². The van der Waals surface area contributed by atoms with E-state index in [1.807, 2.05) is 12.1 Å². The zero-order valence-electron chi connectivity index (χ0n) is 30.4. The Morgan fingerprint density at radius 1 is 0.895 bits per heavy atom. The monoisotopic (exact) mass is 812 g/mol. The van der Waals surface area contributed by atoms with Crippen molar-refractivity contribution in [3.63, 3.8) is 0 Å². The highest BCUT2D eigenvalue weighted by molar-refractivity contribution is 6.38. The molecule has 8 rings (SSSR count). The van der Waals surface area contributed by atoms with Crippen molar-refractivity contribution in [3.8, 4) is 0 Å². The molecular formula is C40H35Cl2FN8O6. The van der Waals surface area contributed by atoms with Crippen molar-refractivity contribution >= 4 is 69.3 Å². The number of nitrogens with zero attached hydrogens (tertiary/aromatic N) is 8. The Morgan fingerprint density at radius 2 is 1.58 bits per heavy atom. The van der Waals surface area contributed by atoms with Crippen LogP contribution in [0.4, 0.5) is 21.5 Å². The molecule has 0 aromatic heterocycles. The van der Waals surface area contributed by atoms with Crippen LogP contribution in [0.15, 0.2) is 112 Å². The summed E-state index contributed by atoms with van der Waals surface area (Å²) in [5, 5.41) is 31.7. The summed E-state index contributed by atoms with van der Waals surface area (Å²) in [6.07, 6.45) is 0.109. The van der Waals surface area contributed by atoms with Crippen molar-refractivity contribution < 1.29 is 29.1 Å². The molecule has 0 radical (unpaired) electrons. The predicted molar refractivity (Wildman–Crippen MR) is 216 cm³/mol. The van der Waals surface area contributed by atoms with E-state index in [1.54, 1.807) is 48.7 Å². The number of fused-ring (bicyclic) bond motifs is 4. The minimum Gasteiger partial charge on any atom is -0.395 e. The van der Waals surface area contributed by atoms with E-state index in [9.17, 15) is 34.3 Å². The van der Waals surface area contributed by atoms with E-state index < -0.39 is 22.9 Å². The van der Waals surface area contributed by atoms with Gasteiger partial charge in [-0.15, -0.1) is 0 Å². The third-order valence-corrected chi connectivity index (χ3v) is 10.2. The quantitative estimate of drug-likeness (QED) is 0.158. The number of anilines is 2. The topological polar surface area (TPSA) is 168 Å². The maximum absolute atomic E-state index is 14.2. The number of benzodiazepines with no additional fused rings is 1. The first-order valence-corrected chi connectivity index (χ1v) is 18.6. The first-order valence-electron chi connectivity index (χ1n) is 17.8. The molecule has 292 valence electrons. The minimum absolute atomic E-state index is 0.0232. The number of piperazine rings is 1. The zero-order valence-corrected chi connectivity index (χ0v) is 31.9. The molecule has 1 atom stereocenters. The number of hydrogen-bond acceptors (Lipinski definition) is 11. The first-order chi connectivity index (χ1) is 27.4. The standard InChI is InChI=1S/C23H21ClN6O3.C17H14ClFN2O3/c1-27-8-10-28(11-9-27)14-19-23(31)29-20-7-6-15(30(32)33)12-17(20)22(25-13-21(29)26-19)16-4-2-3-5-18(16)24;18-10-5-6-14-12(9-10)15(11-3-1-2-4-13(11)19)20-16(23)17(24)21(14)7-8-22/h2-7,12,14H,8-11,13H2,1H3;1-6,9,16,22-23H,7-8H2/b19-14-;. The maximum Gasteiger partial charge on any atom is 0.284 e. The number of amides is 2. The van der Waals surface area contributed by atoms with E-state index in [0.29, 0.717) is 55.4 Å². The van der Waals surface area contributed by atoms with Gasteiger partial charge in [0.05, 0.1) is 40.9 Å². The van der Waals surface area contributed by atoms with Crippen LogP contribution in [0.1, 0.15) is 22.3 Å². The number of aliphatic imine (C=N–C) groups is 3. The van der Waals surface area contributed by atoms with Crippen LogP contribution in [-0.4, -0.2) is 113 Å². The summed E-state index contributed by atoms with van der Waals surface area (Å²) in [6.45, 7) is 3.28. The van der Waals surface area contributed by atoms with Crippen LogP contribution in [0.2, 0.25) is 10.0 Å². The van der Waals surface area contributed by atoms with Gasteiger partial charge in [0.1, 0.15) is 17.3 Å². The van der Waals surface area contributed by atoms with E-state index in [4.69, 9.17) is 28.2 Å². The van der Waals surface area contributed by atoms with Crippen molar-refractivity contribution in [1.82, 2.24) is 9.80 Å². The summed E-state index contributed by atoms with van der Waals surface area (Å²) in [6, 6.07) is 22.3. The fraction of sp³-hybridized carbons (Fsp3) is 0.225. The Kier molecular flexibility index (Phi) is 11.6. The van der Waals surface area contributed by atoms with Gasteiger partial charge in [-0.1, -0.05) is 53.5 Å². The number of nitro groups is 1. The van der Waals surface area contributed by atoms with Crippen LogP contribution in [0, 0.1) is 15.9 Å². The molecule has 4 aliphatic heterocycles. The summed E-state index contributed by atoms with van der Waals surface area (Å²) >= 11 is 12.5. The Balaban J connectivity index is 0.000000183. The number of likely N-dealkylation sites (N-methyl/N-ethyl adjacent to an activating group) is 1. The number of carbonyl (C=O) groups excluding carboxylic acids is 2. The molecule has 4 heterocycles. The van der Waals surface area contributed by atoms with Gasteiger partial charge in [-0.2, -0.15) is 0 Å². The van der Waals surface area contributed by atoms with Crippen LogP contribution in [-0.2, 0) is 9.59 Å². The molecule has 1 saturated heterocycles. The van der Waals surface area contributed by atoms with Crippen LogP contribution in [0.25, 0.3) is 0 Å². The highest BCUT2D eigenvalue weighted by Gasteiger charge is 2.37. The third kappa shape index (κ3) is 8.06. The lowest BCUT2D eigenvalue weighted by Gasteiger charge is -2.31. The second-order valence-electron chi connectivity index (χ2n) is 13.3. The van der Waals surface area contributed by atoms with Crippen LogP contribution >= 0.6 is 23.2 Å². The smallest absolute Gasteiger partial charge is 0.284 e. The Hall–Kier alpha value is -5.84. The maximum atomic E-state index is 14.2. The van der Waals surface area contributed by atoms with Gasteiger partial charge in [-0.3, -0.25) is 29.6 Å². The molecule has 2 N–H and O–H groups in total. The zero-order chi connectivity index (χ0) is 40.4. The number of carbonyl (C=O) groups is 2. The number of hydrogen-bond donors (Lipinski definition) is 2. The number of amidine groups is 1.